The Hall–Kier alpha value is -1.92. The third-order valence-electron chi connectivity index (χ3n) is 4.24. The van der Waals surface area contributed by atoms with Gasteiger partial charge in [0.1, 0.15) is 6.33 Å². The van der Waals surface area contributed by atoms with Crippen LogP contribution in [0.2, 0.25) is 0 Å². The lowest BCUT2D eigenvalue weighted by atomic mass is 9.82. The molecule has 0 spiro atoms. The lowest BCUT2D eigenvalue weighted by Crippen LogP contribution is -2.46. The summed E-state index contributed by atoms with van der Waals surface area (Å²) in [5.74, 6) is 0.844. The molecule has 0 radical (unpaired) electrons. The van der Waals surface area contributed by atoms with Crippen molar-refractivity contribution >= 4 is 24.0 Å². The predicted octanol–water partition coefficient (Wildman–Crippen LogP) is 2.23. The van der Waals surface area contributed by atoms with Crippen LogP contribution in [0.3, 0.4) is 0 Å². The van der Waals surface area contributed by atoms with Gasteiger partial charge in [0.25, 0.3) is 0 Å². The van der Waals surface area contributed by atoms with Gasteiger partial charge in [-0.1, -0.05) is 12.1 Å². The molecule has 0 saturated carbocycles. The van der Waals surface area contributed by atoms with Gasteiger partial charge in [-0.3, -0.25) is 4.79 Å². The molecule has 1 unspecified atom stereocenters. The Labute approximate surface area is 142 Å². The van der Waals surface area contributed by atoms with E-state index < -0.39 is 0 Å². The van der Waals surface area contributed by atoms with Gasteiger partial charge < -0.3 is 15.2 Å². The van der Waals surface area contributed by atoms with Crippen LogP contribution in [0.1, 0.15) is 19.8 Å². The first kappa shape index (κ1) is 17.4. The third-order valence-corrected chi connectivity index (χ3v) is 4.24. The highest BCUT2D eigenvalue weighted by Gasteiger charge is 2.34. The Morgan fingerprint density at radius 2 is 2.26 bits per heavy atom. The highest BCUT2D eigenvalue weighted by Crippen LogP contribution is 2.28. The van der Waals surface area contributed by atoms with Crippen molar-refractivity contribution < 1.29 is 4.79 Å². The first-order valence-corrected chi connectivity index (χ1v) is 7.55. The van der Waals surface area contributed by atoms with Crippen LogP contribution in [0.15, 0.2) is 30.6 Å². The van der Waals surface area contributed by atoms with Crippen molar-refractivity contribution in [3.05, 3.63) is 30.6 Å². The van der Waals surface area contributed by atoms with E-state index in [0.29, 0.717) is 0 Å². The number of hydrogen-bond donors (Lipinski definition) is 2. The Morgan fingerprint density at radius 1 is 1.43 bits per heavy atom. The first-order valence-electron chi connectivity index (χ1n) is 7.55. The molecule has 124 valence electrons. The summed E-state index contributed by atoms with van der Waals surface area (Å²) in [5, 5.41) is 14.3. The minimum absolute atomic E-state index is 0. The van der Waals surface area contributed by atoms with E-state index in [2.05, 4.69) is 20.8 Å². The van der Waals surface area contributed by atoms with E-state index in [9.17, 15) is 4.79 Å². The Morgan fingerprint density at radius 3 is 2.91 bits per heavy atom. The van der Waals surface area contributed by atoms with Crippen molar-refractivity contribution in [3.8, 4) is 11.4 Å². The standard InChI is InChI=1S/C16H21N5O.ClH/c1-16(7-4-8-17-10-16)15(22)19-13-6-3-5-12(9-13)14-20-18-11-21(14)2;/h3,5-6,9,11,17H,4,7-8,10H2,1-2H3,(H,19,22);1H. The number of carbonyl (C=O) groups excluding carboxylic acids is 1. The number of carbonyl (C=O) groups is 1. The Kier molecular flexibility index (Phi) is 5.38. The molecule has 0 bridgehead atoms. The topological polar surface area (TPSA) is 71.8 Å². The smallest absolute Gasteiger partial charge is 0.231 e. The van der Waals surface area contributed by atoms with Gasteiger partial charge in [0.2, 0.25) is 5.91 Å². The van der Waals surface area contributed by atoms with Crippen LogP contribution in [0.4, 0.5) is 5.69 Å². The second-order valence-electron chi connectivity index (χ2n) is 6.14. The molecule has 1 saturated heterocycles. The minimum atomic E-state index is -0.348. The second kappa shape index (κ2) is 7.10. The quantitative estimate of drug-likeness (QED) is 0.902. The van der Waals surface area contributed by atoms with Crippen LogP contribution in [0, 0.1) is 5.41 Å². The maximum absolute atomic E-state index is 12.6. The summed E-state index contributed by atoms with van der Waals surface area (Å²) in [6, 6.07) is 7.71. The highest BCUT2D eigenvalue weighted by molar-refractivity contribution is 5.95. The number of aryl methyl sites for hydroxylation is 1. The first-order chi connectivity index (χ1) is 10.6. The maximum atomic E-state index is 12.6. The van der Waals surface area contributed by atoms with Crippen LogP contribution in [-0.4, -0.2) is 33.8 Å². The molecule has 3 rings (SSSR count). The maximum Gasteiger partial charge on any atom is 0.231 e. The fraction of sp³-hybridized carbons (Fsp3) is 0.438. The summed E-state index contributed by atoms with van der Waals surface area (Å²) in [4.78, 5) is 12.6. The van der Waals surface area contributed by atoms with Gasteiger partial charge in [-0.2, -0.15) is 0 Å². The number of nitrogens with one attached hydrogen (secondary N) is 2. The summed E-state index contributed by atoms with van der Waals surface area (Å²) in [5.41, 5.74) is 1.38. The number of aromatic nitrogens is 3. The van der Waals surface area contributed by atoms with Crippen molar-refractivity contribution in [2.24, 2.45) is 12.5 Å². The summed E-state index contributed by atoms with van der Waals surface area (Å²) in [6.45, 7) is 3.73. The molecular formula is C16H22ClN5O. The van der Waals surface area contributed by atoms with Gasteiger partial charge in [0, 0.05) is 24.8 Å². The largest absolute Gasteiger partial charge is 0.326 e. The zero-order chi connectivity index (χ0) is 15.6. The molecule has 2 N–H and O–H groups in total. The molecule has 1 amide bonds. The third kappa shape index (κ3) is 3.71. The normalized spacial score (nSPS) is 20.6. The molecule has 1 atom stereocenters. The Balaban J connectivity index is 0.00000192. The molecule has 1 aromatic carbocycles. The van der Waals surface area contributed by atoms with Crippen molar-refractivity contribution in [3.63, 3.8) is 0 Å². The SMILES string of the molecule is Cl.Cn1cnnc1-c1cccc(NC(=O)C2(C)CCCNC2)c1. The van der Waals surface area contributed by atoms with E-state index in [1.54, 1.807) is 6.33 Å². The number of benzene rings is 1. The molecule has 7 heteroatoms. The van der Waals surface area contributed by atoms with Crippen LogP contribution in [-0.2, 0) is 11.8 Å². The lowest BCUT2D eigenvalue weighted by Gasteiger charge is -2.32. The molecule has 1 fully saturated rings. The van der Waals surface area contributed by atoms with Crippen molar-refractivity contribution in [2.45, 2.75) is 19.8 Å². The summed E-state index contributed by atoms with van der Waals surface area (Å²) < 4.78 is 1.85. The van der Waals surface area contributed by atoms with E-state index >= 15 is 0 Å². The van der Waals surface area contributed by atoms with E-state index in [-0.39, 0.29) is 23.7 Å². The highest BCUT2D eigenvalue weighted by atomic mass is 35.5. The van der Waals surface area contributed by atoms with Crippen LogP contribution in [0.25, 0.3) is 11.4 Å². The molecular weight excluding hydrogens is 314 g/mol. The molecule has 6 nitrogen and oxygen atoms in total. The van der Waals surface area contributed by atoms with Gasteiger partial charge in [-0.15, -0.1) is 22.6 Å². The molecule has 2 aromatic rings. The molecule has 23 heavy (non-hydrogen) atoms. The number of amides is 1. The van der Waals surface area contributed by atoms with Gasteiger partial charge in [-0.25, -0.2) is 0 Å². The van der Waals surface area contributed by atoms with E-state index in [0.717, 1.165) is 43.0 Å². The number of rotatable bonds is 3. The summed E-state index contributed by atoms with van der Waals surface area (Å²) in [6.07, 6.45) is 3.60. The summed E-state index contributed by atoms with van der Waals surface area (Å²) >= 11 is 0. The number of halogens is 1. The number of hydrogen-bond acceptors (Lipinski definition) is 4. The minimum Gasteiger partial charge on any atom is -0.326 e. The fourth-order valence-corrected chi connectivity index (χ4v) is 2.81. The number of anilines is 1. The zero-order valence-electron chi connectivity index (χ0n) is 13.4. The van der Waals surface area contributed by atoms with E-state index in [4.69, 9.17) is 0 Å². The van der Waals surface area contributed by atoms with Crippen LogP contribution >= 0.6 is 12.4 Å². The van der Waals surface area contributed by atoms with E-state index in [1.165, 1.54) is 0 Å². The molecule has 0 aliphatic carbocycles. The van der Waals surface area contributed by atoms with Crippen LogP contribution < -0.4 is 10.6 Å². The average molecular weight is 336 g/mol. The number of nitrogens with zero attached hydrogens (tertiary/aromatic N) is 3. The van der Waals surface area contributed by atoms with Crippen molar-refractivity contribution in [1.29, 1.82) is 0 Å². The Bertz CT molecular complexity index is 679. The zero-order valence-corrected chi connectivity index (χ0v) is 14.2. The molecule has 1 aromatic heterocycles. The van der Waals surface area contributed by atoms with Gasteiger partial charge in [0.05, 0.1) is 5.41 Å². The van der Waals surface area contributed by atoms with Crippen molar-refractivity contribution in [1.82, 2.24) is 20.1 Å². The average Bonchev–Trinajstić information content (AvgIpc) is 2.94. The lowest BCUT2D eigenvalue weighted by molar-refractivity contribution is -0.125. The predicted molar refractivity (Wildman–Crippen MR) is 92.5 cm³/mol. The summed E-state index contributed by atoms with van der Waals surface area (Å²) in [7, 11) is 1.90. The van der Waals surface area contributed by atoms with Crippen LogP contribution in [0.5, 0.6) is 0 Å². The monoisotopic (exact) mass is 335 g/mol. The second-order valence-corrected chi connectivity index (χ2v) is 6.14. The van der Waals surface area contributed by atoms with E-state index in [1.807, 2.05) is 42.8 Å². The molecule has 2 heterocycles. The molecule has 1 aliphatic heterocycles. The number of piperidine rings is 1. The molecule has 1 aliphatic rings. The van der Waals surface area contributed by atoms with Crippen molar-refractivity contribution in [2.75, 3.05) is 18.4 Å². The van der Waals surface area contributed by atoms with Gasteiger partial charge in [0.15, 0.2) is 5.82 Å². The van der Waals surface area contributed by atoms with Gasteiger partial charge >= 0.3 is 0 Å². The fourth-order valence-electron chi connectivity index (χ4n) is 2.81. The van der Waals surface area contributed by atoms with Gasteiger partial charge in [-0.05, 0) is 38.4 Å².